The van der Waals surface area contributed by atoms with Gasteiger partial charge in [-0.3, -0.25) is 9.69 Å². The summed E-state index contributed by atoms with van der Waals surface area (Å²) in [6.45, 7) is 5.45. The third kappa shape index (κ3) is 5.60. The molecule has 0 aliphatic carbocycles. The fraction of sp³-hybridized carbons (Fsp3) is 0.650. The first kappa shape index (κ1) is 18.9. The number of likely N-dealkylation sites (N-methyl/N-ethyl adjacent to an activating group) is 1. The van der Waals surface area contributed by atoms with E-state index in [2.05, 4.69) is 40.1 Å². The van der Waals surface area contributed by atoms with Crippen LogP contribution < -0.4 is 0 Å². The molecule has 1 unspecified atom stereocenters. The summed E-state index contributed by atoms with van der Waals surface area (Å²) in [6, 6.07) is 10.6. The zero-order valence-electron chi connectivity index (χ0n) is 15.4. The third-order valence-electron chi connectivity index (χ3n) is 5.17. The van der Waals surface area contributed by atoms with Gasteiger partial charge >= 0.3 is 0 Å². The first-order valence-electron chi connectivity index (χ1n) is 9.13. The molecular weight excluding hydrogens is 300 g/mol. The number of nitrogens with zero attached hydrogens (tertiary/aromatic N) is 2. The molecule has 0 bridgehead atoms. The highest BCUT2D eigenvalue weighted by Crippen LogP contribution is 2.22. The number of methoxy groups -OCH3 is 1. The molecule has 1 aromatic rings. The summed E-state index contributed by atoms with van der Waals surface area (Å²) in [6.07, 6.45) is 4.32. The van der Waals surface area contributed by atoms with E-state index in [0.29, 0.717) is 5.92 Å². The molecule has 134 valence electrons. The molecular formula is C20H32N2O2. The second kappa shape index (κ2) is 9.80. The first-order chi connectivity index (χ1) is 11.6. The van der Waals surface area contributed by atoms with E-state index in [4.69, 9.17) is 4.74 Å². The van der Waals surface area contributed by atoms with Gasteiger partial charge in [0.1, 0.15) is 0 Å². The van der Waals surface area contributed by atoms with Gasteiger partial charge in [0.15, 0.2) is 0 Å². The maximum absolute atomic E-state index is 12.7. The van der Waals surface area contributed by atoms with Crippen molar-refractivity contribution < 1.29 is 9.53 Å². The van der Waals surface area contributed by atoms with E-state index in [0.717, 1.165) is 51.9 Å². The number of rotatable bonds is 8. The number of likely N-dealkylation sites (tertiary alicyclic amines) is 1. The highest BCUT2D eigenvalue weighted by Gasteiger charge is 2.27. The number of hydrogen-bond acceptors (Lipinski definition) is 3. The molecule has 2 rings (SSSR count). The average Bonchev–Trinajstić information content (AvgIpc) is 2.62. The Balaban J connectivity index is 1.75. The molecule has 1 aliphatic heterocycles. The zero-order valence-corrected chi connectivity index (χ0v) is 15.4. The molecule has 0 spiro atoms. The zero-order chi connectivity index (χ0) is 17.4. The van der Waals surface area contributed by atoms with Gasteiger partial charge in [0.2, 0.25) is 5.91 Å². The lowest BCUT2D eigenvalue weighted by atomic mass is 9.90. The Hall–Kier alpha value is -1.39. The molecule has 1 amide bonds. The van der Waals surface area contributed by atoms with Crippen molar-refractivity contribution in [2.45, 2.75) is 38.6 Å². The number of hydrogen-bond donors (Lipinski definition) is 0. The number of piperidine rings is 1. The fourth-order valence-corrected chi connectivity index (χ4v) is 3.41. The number of carbonyl (C=O) groups is 1. The number of amides is 1. The molecule has 0 N–H and O–H groups in total. The minimum absolute atomic E-state index is 0.0486. The van der Waals surface area contributed by atoms with Crippen LogP contribution in [0.2, 0.25) is 0 Å². The van der Waals surface area contributed by atoms with Gasteiger partial charge in [-0.05, 0) is 51.1 Å². The Morgan fingerprint density at radius 1 is 1.29 bits per heavy atom. The van der Waals surface area contributed by atoms with E-state index in [1.165, 1.54) is 5.56 Å². The van der Waals surface area contributed by atoms with Gasteiger partial charge in [-0.15, -0.1) is 0 Å². The second-order valence-electron chi connectivity index (χ2n) is 6.96. The Morgan fingerprint density at radius 2 is 1.96 bits per heavy atom. The molecule has 1 atom stereocenters. The van der Waals surface area contributed by atoms with Gasteiger partial charge in [0.25, 0.3) is 0 Å². The minimum atomic E-state index is -0.0486. The summed E-state index contributed by atoms with van der Waals surface area (Å²) in [5.41, 5.74) is 1.41. The van der Waals surface area contributed by atoms with E-state index < -0.39 is 0 Å². The van der Waals surface area contributed by atoms with E-state index in [-0.39, 0.29) is 11.9 Å². The van der Waals surface area contributed by atoms with Gasteiger partial charge in [0.05, 0.1) is 6.04 Å². The lowest BCUT2D eigenvalue weighted by Gasteiger charge is -2.35. The van der Waals surface area contributed by atoms with Crippen molar-refractivity contribution in [3.05, 3.63) is 35.9 Å². The molecule has 1 saturated heterocycles. The van der Waals surface area contributed by atoms with Crippen LogP contribution in [-0.4, -0.2) is 62.1 Å². The molecule has 0 radical (unpaired) electrons. The lowest BCUT2D eigenvalue weighted by molar-refractivity contribution is -0.137. The van der Waals surface area contributed by atoms with E-state index in [1.807, 2.05) is 14.0 Å². The van der Waals surface area contributed by atoms with Crippen molar-refractivity contribution in [1.29, 1.82) is 0 Å². The van der Waals surface area contributed by atoms with Crippen molar-refractivity contribution in [2.75, 3.05) is 40.4 Å². The first-order valence-corrected chi connectivity index (χ1v) is 9.13. The second-order valence-corrected chi connectivity index (χ2v) is 6.96. The van der Waals surface area contributed by atoms with E-state index in [9.17, 15) is 4.79 Å². The van der Waals surface area contributed by atoms with Crippen LogP contribution in [0.25, 0.3) is 0 Å². The van der Waals surface area contributed by atoms with Crippen LogP contribution in [0, 0.1) is 5.92 Å². The molecule has 0 aromatic heterocycles. The van der Waals surface area contributed by atoms with E-state index >= 15 is 0 Å². The Kier molecular flexibility index (Phi) is 7.73. The van der Waals surface area contributed by atoms with Crippen LogP contribution in [0.3, 0.4) is 0 Å². The normalized spacial score (nSPS) is 17.2. The van der Waals surface area contributed by atoms with Crippen molar-refractivity contribution in [2.24, 2.45) is 5.92 Å². The van der Waals surface area contributed by atoms with Crippen LogP contribution in [-0.2, 0) is 16.0 Å². The standard InChI is InChI=1S/C20H32N2O2/c1-17(21(2)12-7-15-24-3)20(23)22-13-10-19(11-14-22)16-18-8-5-4-6-9-18/h4-6,8-9,17,19H,7,10-16H2,1-3H3. The van der Waals surface area contributed by atoms with Crippen LogP contribution >= 0.6 is 0 Å². The van der Waals surface area contributed by atoms with Gasteiger partial charge in [-0.2, -0.15) is 0 Å². The molecule has 4 nitrogen and oxygen atoms in total. The predicted molar refractivity (Wildman–Crippen MR) is 98.0 cm³/mol. The smallest absolute Gasteiger partial charge is 0.239 e. The van der Waals surface area contributed by atoms with Crippen molar-refractivity contribution in [3.63, 3.8) is 0 Å². The molecule has 1 aliphatic rings. The number of benzene rings is 1. The Labute approximate surface area is 146 Å². The summed E-state index contributed by atoms with van der Waals surface area (Å²) in [7, 11) is 3.74. The largest absolute Gasteiger partial charge is 0.385 e. The average molecular weight is 332 g/mol. The van der Waals surface area contributed by atoms with Crippen molar-refractivity contribution in [3.8, 4) is 0 Å². The predicted octanol–water partition coefficient (Wildman–Crippen LogP) is 2.82. The molecule has 1 fully saturated rings. The summed E-state index contributed by atoms with van der Waals surface area (Å²) in [5, 5.41) is 0. The summed E-state index contributed by atoms with van der Waals surface area (Å²) in [5.74, 6) is 0.972. The van der Waals surface area contributed by atoms with Crippen LogP contribution in [0.1, 0.15) is 31.7 Å². The lowest BCUT2D eigenvalue weighted by Crippen LogP contribution is -2.48. The minimum Gasteiger partial charge on any atom is -0.385 e. The molecule has 24 heavy (non-hydrogen) atoms. The molecule has 4 heteroatoms. The maximum Gasteiger partial charge on any atom is 0.239 e. The summed E-state index contributed by atoms with van der Waals surface area (Å²) in [4.78, 5) is 16.9. The highest BCUT2D eigenvalue weighted by atomic mass is 16.5. The fourth-order valence-electron chi connectivity index (χ4n) is 3.41. The van der Waals surface area contributed by atoms with Crippen LogP contribution in [0.15, 0.2) is 30.3 Å². The molecule has 1 heterocycles. The number of carbonyl (C=O) groups excluding carboxylic acids is 1. The molecule has 1 aromatic carbocycles. The number of ether oxygens (including phenoxy) is 1. The third-order valence-corrected chi connectivity index (χ3v) is 5.17. The van der Waals surface area contributed by atoms with Crippen molar-refractivity contribution in [1.82, 2.24) is 9.80 Å². The summed E-state index contributed by atoms with van der Waals surface area (Å²) < 4.78 is 5.09. The monoisotopic (exact) mass is 332 g/mol. The maximum atomic E-state index is 12.7. The van der Waals surface area contributed by atoms with Crippen LogP contribution in [0.5, 0.6) is 0 Å². The molecule has 0 saturated carbocycles. The van der Waals surface area contributed by atoms with Gasteiger partial charge < -0.3 is 9.64 Å². The highest BCUT2D eigenvalue weighted by molar-refractivity contribution is 5.81. The summed E-state index contributed by atoms with van der Waals surface area (Å²) >= 11 is 0. The van der Waals surface area contributed by atoms with Gasteiger partial charge in [-0.1, -0.05) is 30.3 Å². The topological polar surface area (TPSA) is 32.8 Å². The SMILES string of the molecule is COCCCN(C)C(C)C(=O)N1CCC(Cc2ccccc2)CC1. The van der Waals surface area contributed by atoms with E-state index in [1.54, 1.807) is 7.11 Å². The van der Waals surface area contributed by atoms with Crippen molar-refractivity contribution >= 4 is 5.91 Å². The quantitative estimate of drug-likeness (QED) is 0.686. The Bertz CT molecular complexity index is 484. The van der Waals surface area contributed by atoms with Crippen LogP contribution in [0.4, 0.5) is 0 Å². The van der Waals surface area contributed by atoms with Gasteiger partial charge in [0, 0.05) is 33.4 Å². The Morgan fingerprint density at radius 3 is 2.58 bits per heavy atom. The van der Waals surface area contributed by atoms with Gasteiger partial charge in [-0.25, -0.2) is 0 Å².